The molecule has 0 aromatic heterocycles. The minimum absolute atomic E-state index is 0.0553. The van der Waals surface area contributed by atoms with Crippen LogP contribution in [0.2, 0.25) is 0 Å². The summed E-state index contributed by atoms with van der Waals surface area (Å²) in [5.74, 6) is 0. The van der Waals surface area contributed by atoms with Crippen LogP contribution in [0.5, 0.6) is 0 Å². The van der Waals surface area contributed by atoms with Gasteiger partial charge in [-0.15, -0.1) is 0 Å². The Morgan fingerprint density at radius 2 is 0.606 bits per heavy atom. The van der Waals surface area contributed by atoms with Crippen molar-refractivity contribution in [1.82, 2.24) is 0 Å². The highest BCUT2D eigenvalue weighted by molar-refractivity contribution is 7.00. The lowest BCUT2D eigenvalue weighted by Gasteiger charge is -2.46. The number of hydrogen-bond donors (Lipinski definition) is 0. The predicted octanol–water partition coefficient (Wildman–Crippen LogP) is 23.6. The number of hydrogen-bond acceptors (Lipinski definition) is 2. The zero-order valence-electron chi connectivity index (χ0n) is 63.3. The van der Waals surface area contributed by atoms with Gasteiger partial charge in [-0.1, -0.05) is 319 Å². The van der Waals surface area contributed by atoms with Crippen LogP contribution in [0.15, 0.2) is 255 Å². The third-order valence-corrected chi connectivity index (χ3v) is 19.4. The summed E-state index contributed by atoms with van der Waals surface area (Å²) in [6.45, 7) is 33.4. The number of nitrogens with zero attached hydrogens (tertiary/aromatic N) is 2. The Morgan fingerprint density at radius 3 is 0.904 bits per heavy atom. The molecule has 464 valence electrons. The molecule has 0 fully saturated rings. The summed E-state index contributed by atoms with van der Waals surface area (Å²) in [6, 6.07) is 76.7. The highest BCUT2D eigenvalue weighted by Crippen LogP contribution is 2.55. The van der Waals surface area contributed by atoms with Crippen molar-refractivity contribution in [3.05, 3.63) is 294 Å². The van der Waals surface area contributed by atoms with E-state index < -0.39 is 6.71 Å². The van der Waals surface area contributed by atoms with E-state index in [1.807, 2.05) is 121 Å². The molecule has 0 unspecified atom stereocenters. The van der Waals surface area contributed by atoms with Crippen molar-refractivity contribution in [2.75, 3.05) is 9.80 Å². The second-order valence-electron chi connectivity index (χ2n) is 30.4. The van der Waals surface area contributed by atoms with E-state index in [1.165, 1.54) is 22.3 Å². The molecule has 2 heterocycles. The molecular formula is C91H87BN2. The summed E-state index contributed by atoms with van der Waals surface area (Å²) in [5.41, 5.74) is 26.3. The lowest BCUT2D eigenvalue weighted by Crippen LogP contribution is -2.61. The van der Waals surface area contributed by atoms with E-state index in [0.29, 0.717) is 33.6 Å². The monoisotopic (exact) mass is 1220 g/mol. The number of benzene rings is 12. The predicted molar refractivity (Wildman–Crippen MR) is 408 cm³/mol. The van der Waals surface area contributed by atoms with E-state index in [-0.39, 0.29) is 57.9 Å². The van der Waals surface area contributed by atoms with Gasteiger partial charge in [-0.3, -0.25) is 0 Å². The Hall–Kier alpha value is -9.70. The van der Waals surface area contributed by atoms with E-state index in [9.17, 15) is 8.22 Å². The maximum atomic E-state index is 10.4. The molecule has 0 amide bonds. The summed E-state index contributed by atoms with van der Waals surface area (Å²) in [5, 5.41) is 0. The van der Waals surface area contributed by atoms with Crippen LogP contribution in [0.4, 0.5) is 34.1 Å². The van der Waals surface area contributed by atoms with Crippen LogP contribution in [0.1, 0.15) is 130 Å². The van der Waals surface area contributed by atoms with Crippen LogP contribution in [-0.2, 0) is 21.7 Å². The van der Waals surface area contributed by atoms with Crippen molar-refractivity contribution in [2.24, 2.45) is 0 Å². The Balaban J connectivity index is 1.25. The van der Waals surface area contributed by atoms with Gasteiger partial charge in [0, 0.05) is 45.0 Å². The lowest BCUT2D eigenvalue weighted by molar-refractivity contribution is 0.568. The van der Waals surface area contributed by atoms with E-state index in [2.05, 4.69) is 211 Å². The maximum Gasteiger partial charge on any atom is 0.252 e. The minimum Gasteiger partial charge on any atom is -0.310 e. The molecule has 94 heavy (non-hydrogen) atoms. The molecule has 0 atom stereocenters. The highest BCUT2D eigenvalue weighted by Gasteiger charge is 2.46. The highest BCUT2D eigenvalue weighted by atomic mass is 15.2. The first-order valence-corrected chi connectivity index (χ1v) is 33.3. The standard InChI is InChI=1S/C91H87BN2/c1-58-46-59(2)84(60(3)47-58)69-54-82-85-83(55-69)94(87-76(63-34-24-18-25-35-63)40-29-41-77(87)64-36-26-19-27-37-64)81-45-43-66(68-50-72(90(10,11)12)57-73(51-68)91(13,14)15)53-79(81)92(85)78-52-65(67-48-70(88(4,5)6)56-71(49-67)89(7,8)9)42-44-80(78)93(82)86-74(61-30-20-16-21-31-61)38-28-39-75(86)62-32-22-17-23-33-62/h16-57H,1-15H3/i28D,29D,38D,39D,40D,41D. The van der Waals surface area contributed by atoms with Crippen molar-refractivity contribution in [1.29, 1.82) is 0 Å². The fraction of sp³-hybridized carbons (Fsp3) is 0.209. The average molecular weight is 1230 g/mol. The lowest BCUT2D eigenvalue weighted by atomic mass is 9.33. The molecule has 14 rings (SSSR count). The van der Waals surface area contributed by atoms with Crippen LogP contribution in [-0.4, -0.2) is 6.71 Å². The number of rotatable bonds is 9. The summed E-state index contributed by atoms with van der Waals surface area (Å²) in [6.07, 6.45) is 0. The number of anilines is 6. The van der Waals surface area contributed by atoms with Gasteiger partial charge in [0.15, 0.2) is 0 Å². The summed E-state index contributed by atoms with van der Waals surface area (Å²) >= 11 is 0. The van der Waals surface area contributed by atoms with Gasteiger partial charge in [0.25, 0.3) is 6.71 Å². The van der Waals surface area contributed by atoms with E-state index in [1.54, 1.807) is 0 Å². The summed E-state index contributed by atoms with van der Waals surface area (Å²) in [7, 11) is 0. The quantitative estimate of drug-likeness (QED) is 0.133. The molecule has 0 bridgehead atoms. The SMILES string of the molecule is [2H]c1c([2H])c(-c2ccccc2)c(N2c3ccc(-c4cc(C(C)(C)C)cc(C(C)(C)C)c4)cc3B3c4cc(-c5cc(C(C)(C)C)cc(C(C)(C)C)c5)ccc4N(c4c(-c5ccccc5)c([2H])c([2H])c([2H])c4-c4ccccc4)c4cc(-c5c(C)cc(C)cc5C)cc2c43)c(-c2ccccc2)c1[2H]. The van der Waals surface area contributed by atoms with Crippen molar-refractivity contribution in [3.63, 3.8) is 0 Å². The molecular weight excluding hydrogens is 1130 g/mol. The van der Waals surface area contributed by atoms with Crippen LogP contribution in [0.25, 0.3) is 77.9 Å². The zero-order chi connectivity index (χ0) is 71.0. The first-order chi connectivity index (χ1) is 47.4. The Bertz CT molecular complexity index is 4750. The largest absolute Gasteiger partial charge is 0.310 e. The van der Waals surface area contributed by atoms with Crippen molar-refractivity contribution >= 4 is 57.2 Å². The molecule has 0 saturated carbocycles. The van der Waals surface area contributed by atoms with E-state index in [0.717, 1.165) is 111 Å². The molecule has 0 spiro atoms. The second-order valence-corrected chi connectivity index (χ2v) is 30.4. The van der Waals surface area contributed by atoms with Gasteiger partial charge in [-0.05, 0) is 172 Å². The Kier molecular flexibility index (Phi) is 13.6. The van der Waals surface area contributed by atoms with Crippen LogP contribution in [0, 0.1) is 20.8 Å². The Morgan fingerprint density at radius 1 is 0.298 bits per heavy atom. The molecule has 12 aromatic carbocycles. The van der Waals surface area contributed by atoms with Crippen LogP contribution < -0.4 is 26.2 Å². The Labute approximate surface area is 569 Å². The molecule has 0 radical (unpaired) electrons. The van der Waals surface area contributed by atoms with Crippen molar-refractivity contribution in [2.45, 2.75) is 126 Å². The topological polar surface area (TPSA) is 6.48 Å². The molecule has 0 N–H and O–H groups in total. The van der Waals surface area contributed by atoms with Gasteiger partial charge >= 0.3 is 0 Å². The zero-order valence-corrected chi connectivity index (χ0v) is 57.3. The fourth-order valence-corrected chi connectivity index (χ4v) is 14.4. The molecule has 2 aliphatic rings. The molecule has 3 heteroatoms. The number of para-hydroxylation sites is 2. The molecule has 2 nitrogen and oxygen atoms in total. The number of fused-ring (bicyclic) bond motifs is 4. The molecule has 2 aliphatic heterocycles. The van der Waals surface area contributed by atoms with E-state index in [4.69, 9.17) is 0 Å². The average Bonchev–Trinajstić information content (AvgIpc) is 0.683. The van der Waals surface area contributed by atoms with Gasteiger partial charge in [-0.2, -0.15) is 0 Å². The van der Waals surface area contributed by atoms with Crippen LogP contribution in [0.3, 0.4) is 0 Å². The summed E-state index contributed by atoms with van der Waals surface area (Å²) < 4.78 is 61.2. The van der Waals surface area contributed by atoms with Crippen molar-refractivity contribution in [3.8, 4) is 77.9 Å². The number of aryl methyl sites for hydroxylation is 3. The van der Waals surface area contributed by atoms with Crippen LogP contribution >= 0.6 is 0 Å². The first-order valence-electron chi connectivity index (χ1n) is 36.3. The third-order valence-electron chi connectivity index (χ3n) is 19.4. The van der Waals surface area contributed by atoms with Gasteiger partial charge in [-0.25, -0.2) is 0 Å². The van der Waals surface area contributed by atoms with Gasteiger partial charge < -0.3 is 9.80 Å². The normalized spacial score (nSPS) is 13.9. The van der Waals surface area contributed by atoms with Gasteiger partial charge in [0.2, 0.25) is 0 Å². The van der Waals surface area contributed by atoms with Gasteiger partial charge in [0.05, 0.1) is 19.6 Å². The third kappa shape index (κ3) is 11.2. The molecule has 12 aromatic rings. The van der Waals surface area contributed by atoms with E-state index >= 15 is 0 Å². The first kappa shape index (κ1) is 54.8. The molecule has 0 aliphatic carbocycles. The minimum atomic E-state index is -0.513. The summed E-state index contributed by atoms with van der Waals surface area (Å²) in [4.78, 5) is 4.68. The maximum absolute atomic E-state index is 10.4. The fourth-order valence-electron chi connectivity index (χ4n) is 14.4. The smallest absolute Gasteiger partial charge is 0.252 e. The van der Waals surface area contributed by atoms with Crippen molar-refractivity contribution < 1.29 is 8.22 Å². The molecule has 0 saturated heterocycles. The second kappa shape index (κ2) is 23.4. The van der Waals surface area contributed by atoms with Gasteiger partial charge in [0.1, 0.15) is 0 Å².